The minimum atomic E-state index is -0.0712. The number of hydrogen-bond donors (Lipinski definition) is 0. The molecular weight excluding hydrogens is 449 g/mol. The molecule has 3 nitrogen and oxygen atoms in total. The van der Waals surface area contributed by atoms with Crippen LogP contribution < -0.4 is 15.3 Å². The maximum absolute atomic E-state index is 6.29. The molecule has 0 bridgehead atoms. The number of methoxy groups -OCH3 is 1. The summed E-state index contributed by atoms with van der Waals surface area (Å²) in [6.07, 6.45) is 0. The molecule has 0 saturated carbocycles. The molecule has 0 spiro atoms. The second kappa shape index (κ2) is 11.1. The Morgan fingerprint density at radius 3 is 2.14 bits per heavy atom. The lowest BCUT2D eigenvalue weighted by Gasteiger charge is -2.29. The van der Waals surface area contributed by atoms with Crippen LogP contribution in [0.4, 0.5) is 0 Å². The van der Waals surface area contributed by atoms with Gasteiger partial charge in [-0.3, -0.25) is 4.99 Å². The van der Waals surface area contributed by atoms with Gasteiger partial charge in [0.15, 0.2) is 6.79 Å². The third-order valence-corrected chi connectivity index (χ3v) is 7.70. The van der Waals surface area contributed by atoms with Crippen molar-refractivity contribution in [3.8, 4) is 5.75 Å². The molecule has 0 aliphatic carbocycles. The van der Waals surface area contributed by atoms with Crippen LogP contribution in [0.2, 0.25) is 0 Å². The van der Waals surface area contributed by atoms with E-state index in [1.165, 1.54) is 32.9 Å². The fourth-order valence-corrected chi connectivity index (χ4v) is 5.59. The Kier molecular flexibility index (Phi) is 8.57. The van der Waals surface area contributed by atoms with Crippen LogP contribution in [0.1, 0.15) is 69.4 Å². The predicted molar refractivity (Wildman–Crippen MR) is 153 cm³/mol. The van der Waals surface area contributed by atoms with Crippen molar-refractivity contribution in [1.82, 2.24) is 0 Å². The third kappa shape index (κ3) is 6.40. The van der Waals surface area contributed by atoms with Crippen LogP contribution in [0.25, 0.3) is 0 Å². The first-order chi connectivity index (χ1) is 16.5. The normalized spacial score (nSPS) is 13.0. The molecule has 0 aliphatic heterocycles. The predicted octanol–water partition coefficient (Wildman–Crippen LogP) is 6.67. The van der Waals surface area contributed by atoms with E-state index in [4.69, 9.17) is 14.5 Å². The standard InChI is InChI=1S/C31H40NO2P/c1-21-14-13-17-24(27(32-8)22-15-11-10-12-16-22)29(21)35-26-19-23(30(2,3)4)18-25(31(5,6)7)28(26)34-20-33-9/h10-19,35H,20H2,1-9H3/b32-27+. The molecule has 35 heavy (non-hydrogen) atoms. The van der Waals surface area contributed by atoms with Crippen molar-refractivity contribution in [3.63, 3.8) is 0 Å². The Labute approximate surface area is 213 Å². The van der Waals surface area contributed by atoms with E-state index in [2.05, 4.69) is 103 Å². The minimum absolute atomic E-state index is 0.0215. The van der Waals surface area contributed by atoms with E-state index in [9.17, 15) is 0 Å². The summed E-state index contributed by atoms with van der Waals surface area (Å²) in [5.74, 6) is 0.939. The molecule has 0 saturated heterocycles. The number of ether oxygens (including phenoxy) is 2. The summed E-state index contributed by atoms with van der Waals surface area (Å²) < 4.78 is 11.6. The van der Waals surface area contributed by atoms with E-state index in [0.29, 0.717) is 8.58 Å². The molecule has 0 N–H and O–H groups in total. The molecule has 0 heterocycles. The van der Waals surface area contributed by atoms with Gasteiger partial charge in [-0.05, 0) is 40.3 Å². The van der Waals surface area contributed by atoms with Gasteiger partial charge in [0, 0.05) is 36.2 Å². The van der Waals surface area contributed by atoms with Crippen molar-refractivity contribution >= 4 is 24.9 Å². The lowest BCUT2D eigenvalue weighted by Crippen LogP contribution is -2.25. The van der Waals surface area contributed by atoms with Crippen molar-refractivity contribution in [3.05, 3.63) is 88.5 Å². The Morgan fingerprint density at radius 2 is 1.57 bits per heavy atom. The van der Waals surface area contributed by atoms with Crippen LogP contribution in [0.15, 0.2) is 65.7 Å². The number of benzene rings is 3. The van der Waals surface area contributed by atoms with Gasteiger partial charge in [-0.15, -0.1) is 0 Å². The van der Waals surface area contributed by atoms with E-state index in [0.717, 1.165) is 17.0 Å². The summed E-state index contributed by atoms with van der Waals surface area (Å²) in [7, 11) is 3.96. The quantitative estimate of drug-likeness (QED) is 0.211. The van der Waals surface area contributed by atoms with Crippen LogP contribution in [0.5, 0.6) is 5.75 Å². The van der Waals surface area contributed by atoms with E-state index >= 15 is 0 Å². The molecule has 0 amide bonds. The number of nitrogens with zero attached hydrogens (tertiary/aromatic N) is 1. The first-order valence-corrected chi connectivity index (χ1v) is 13.2. The fourth-order valence-electron chi connectivity index (χ4n) is 4.15. The lowest BCUT2D eigenvalue weighted by molar-refractivity contribution is 0.0506. The lowest BCUT2D eigenvalue weighted by atomic mass is 9.80. The molecule has 0 radical (unpaired) electrons. The Morgan fingerprint density at radius 1 is 0.886 bits per heavy atom. The Bertz CT molecular complexity index is 1190. The first kappa shape index (κ1) is 27.1. The maximum Gasteiger partial charge on any atom is 0.188 e. The summed E-state index contributed by atoms with van der Waals surface area (Å²) in [6, 6.07) is 21.6. The molecule has 1 atom stereocenters. The zero-order valence-corrected chi connectivity index (χ0v) is 23.7. The molecule has 4 heteroatoms. The first-order valence-electron chi connectivity index (χ1n) is 12.2. The zero-order valence-electron chi connectivity index (χ0n) is 22.7. The summed E-state index contributed by atoms with van der Waals surface area (Å²) in [4.78, 5) is 4.73. The third-order valence-electron chi connectivity index (χ3n) is 6.14. The van der Waals surface area contributed by atoms with E-state index < -0.39 is 0 Å². The molecule has 186 valence electrons. The topological polar surface area (TPSA) is 30.8 Å². The Balaban J connectivity index is 2.25. The van der Waals surface area contributed by atoms with Crippen LogP contribution in [-0.4, -0.2) is 26.7 Å². The van der Waals surface area contributed by atoms with Gasteiger partial charge >= 0.3 is 0 Å². The van der Waals surface area contributed by atoms with Crippen molar-refractivity contribution in [1.29, 1.82) is 0 Å². The van der Waals surface area contributed by atoms with Gasteiger partial charge in [0.25, 0.3) is 0 Å². The average Bonchev–Trinajstić information content (AvgIpc) is 2.79. The summed E-state index contributed by atoms with van der Waals surface area (Å²) in [5.41, 5.74) is 7.05. The molecule has 3 rings (SSSR count). The number of hydrogen-bond acceptors (Lipinski definition) is 3. The SMILES string of the molecule is C/N=C(\c1ccccc1)c1cccc(C)c1Pc1cc(C(C)(C)C)cc(C(C)(C)C)c1OCOC. The molecule has 3 aromatic rings. The smallest absolute Gasteiger partial charge is 0.188 e. The highest BCUT2D eigenvalue weighted by atomic mass is 31.1. The summed E-state index contributed by atoms with van der Waals surface area (Å²) in [5, 5.41) is 2.50. The van der Waals surface area contributed by atoms with E-state index in [1.807, 2.05) is 13.1 Å². The number of rotatable bonds is 7. The average molecular weight is 490 g/mol. The fraction of sp³-hybridized carbons (Fsp3) is 0.387. The molecule has 0 aliphatic rings. The van der Waals surface area contributed by atoms with Gasteiger partial charge in [-0.1, -0.05) is 105 Å². The van der Waals surface area contributed by atoms with Crippen molar-refractivity contribution < 1.29 is 9.47 Å². The van der Waals surface area contributed by atoms with Crippen molar-refractivity contribution in [2.45, 2.75) is 59.3 Å². The monoisotopic (exact) mass is 489 g/mol. The van der Waals surface area contributed by atoms with Crippen LogP contribution in [0.3, 0.4) is 0 Å². The van der Waals surface area contributed by atoms with E-state index in [1.54, 1.807) is 7.11 Å². The minimum Gasteiger partial charge on any atom is -0.467 e. The maximum atomic E-state index is 6.29. The number of aryl methyl sites for hydroxylation is 1. The highest BCUT2D eigenvalue weighted by molar-refractivity contribution is 7.56. The van der Waals surface area contributed by atoms with Gasteiger partial charge in [0.05, 0.1) is 5.71 Å². The van der Waals surface area contributed by atoms with E-state index in [-0.39, 0.29) is 17.6 Å². The van der Waals surface area contributed by atoms with Crippen LogP contribution >= 0.6 is 8.58 Å². The van der Waals surface area contributed by atoms with Gasteiger partial charge < -0.3 is 9.47 Å². The zero-order chi connectivity index (χ0) is 25.8. The second-order valence-electron chi connectivity index (χ2n) is 11.0. The molecule has 0 fully saturated rings. The molecule has 1 unspecified atom stereocenters. The second-order valence-corrected chi connectivity index (χ2v) is 12.3. The summed E-state index contributed by atoms with van der Waals surface area (Å²) >= 11 is 0. The van der Waals surface area contributed by atoms with Crippen LogP contribution in [-0.2, 0) is 15.6 Å². The van der Waals surface area contributed by atoms with Gasteiger partial charge in [-0.2, -0.15) is 0 Å². The molecular formula is C31H40NO2P. The Hall–Kier alpha value is -2.48. The molecule has 0 aromatic heterocycles. The number of aliphatic imine (C=N–C) groups is 1. The van der Waals surface area contributed by atoms with Crippen LogP contribution in [0, 0.1) is 6.92 Å². The molecule has 3 aromatic carbocycles. The van der Waals surface area contributed by atoms with Crippen molar-refractivity contribution in [2.75, 3.05) is 21.0 Å². The van der Waals surface area contributed by atoms with Crippen molar-refractivity contribution in [2.24, 2.45) is 4.99 Å². The van der Waals surface area contributed by atoms with Gasteiger partial charge in [0.1, 0.15) is 5.75 Å². The summed E-state index contributed by atoms with van der Waals surface area (Å²) in [6.45, 7) is 16.0. The largest absolute Gasteiger partial charge is 0.467 e. The highest BCUT2D eigenvalue weighted by Crippen LogP contribution is 2.38. The highest BCUT2D eigenvalue weighted by Gasteiger charge is 2.27. The van der Waals surface area contributed by atoms with Gasteiger partial charge in [0.2, 0.25) is 0 Å². The van der Waals surface area contributed by atoms with Gasteiger partial charge in [-0.25, -0.2) is 0 Å².